The van der Waals surface area contributed by atoms with Gasteiger partial charge in [0, 0.05) is 67.3 Å². The number of likely N-dealkylation sites (tertiary alicyclic amines) is 1. The number of aryl methyl sites for hydroxylation is 1. The molecule has 4 N–H and O–H groups in total. The van der Waals surface area contributed by atoms with Crippen molar-refractivity contribution in [2.45, 2.75) is 90.3 Å². The van der Waals surface area contributed by atoms with Gasteiger partial charge in [-0.2, -0.15) is 0 Å². The Morgan fingerprint density at radius 2 is 1.66 bits per heavy atom. The van der Waals surface area contributed by atoms with E-state index in [2.05, 4.69) is 82.8 Å². The van der Waals surface area contributed by atoms with Gasteiger partial charge in [0.1, 0.15) is 6.04 Å². The summed E-state index contributed by atoms with van der Waals surface area (Å²) in [6, 6.07) is 20.2. The van der Waals surface area contributed by atoms with Crippen molar-refractivity contribution in [2.75, 3.05) is 48.3 Å². The highest BCUT2D eigenvalue weighted by atomic mass is 16.2. The van der Waals surface area contributed by atoms with Gasteiger partial charge in [0.15, 0.2) is 5.69 Å². The zero-order valence-corrected chi connectivity index (χ0v) is 35.5. The number of imide groups is 1. The highest BCUT2D eigenvalue weighted by Crippen LogP contribution is 2.31. The van der Waals surface area contributed by atoms with E-state index in [1.807, 2.05) is 58.2 Å². The zero-order chi connectivity index (χ0) is 42.5. The van der Waals surface area contributed by atoms with E-state index in [0.29, 0.717) is 42.9 Å². The molecule has 3 aromatic heterocycles. The molecular formula is C46H56N12O3. The normalized spacial score (nSPS) is 18.2. The first kappa shape index (κ1) is 41.5. The molecule has 15 nitrogen and oxygen atoms in total. The molecule has 5 aromatic rings. The first-order valence-electron chi connectivity index (χ1n) is 21.5. The predicted octanol–water partition coefficient (Wildman–Crippen LogP) is 6.18. The summed E-state index contributed by atoms with van der Waals surface area (Å²) >= 11 is 0. The summed E-state index contributed by atoms with van der Waals surface area (Å²) in [5.74, 6) is 0.933. The van der Waals surface area contributed by atoms with Gasteiger partial charge in [-0.3, -0.25) is 24.7 Å². The lowest BCUT2D eigenvalue weighted by Gasteiger charge is -2.38. The summed E-state index contributed by atoms with van der Waals surface area (Å²) in [5, 5.41) is 20.1. The fourth-order valence-corrected chi connectivity index (χ4v) is 8.39. The Bertz CT molecular complexity index is 2320. The van der Waals surface area contributed by atoms with Gasteiger partial charge < -0.3 is 25.8 Å². The molecule has 3 amide bonds. The van der Waals surface area contributed by atoms with E-state index in [1.54, 1.807) is 17.1 Å². The number of nitrogens with one attached hydrogen (secondary N) is 4. The van der Waals surface area contributed by atoms with E-state index in [9.17, 15) is 14.4 Å². The molecule has 8 rings (SSSR count). The molecule has 61 heavy (non-hydrogen) atoms. The fourth-order valence-electron chi connectivity index (χ4n) is 8.39. The van der Waals surface area contributed by atoms with Crippen LogP contribution >= 0.6 is 0 Å². The maximum atomic E-state index is 12.7. The standard InChI is InChI=1S/C46H56N12O3/c1-30-25-33(5-6-34(30)26-49-43(60)41-29-58(55-54-41)46(2,3)4)39-15-20-47-45(52-39)51-35-7-10-37(11-8-35)57-23-16-31(17-24-57)28-56-21-18-32(19-22-56)38-12-9-36(27-48-38)50-40-13-14-42(59)53-44(40)61/h5-12,15,20,25,27,29,31-32,40,50H,13-14,16-19,21-24,26,28H2,1-4H3,(H,49,60)(H,47,51,52)(H,53,59,61). The van der Waals surface area contributed by atoms with E-state index >= 15 is 0 Å². The Labute approximate surface area is 357 Å². The summed E-state index contributed by atoms with van der Waals surface area (Å²) in [6.07, 6.45) is 10.7. The average molecular weight is 825 g/mol. The number of rotatable bonds is 12. The molecule has 1 atom stereocenters. The number of hydrogen-bond donors (Lipinski definition) is 4. The lowest BCUT2D eigenvalue weighted by molar-refractivity contribution is -0.133. The lowest BCUT2D eigenvalue weighted by Crippen LogP contribution is -2.47. The van der Waals surface area contributed by atoms with Crippen LogP contribution in [0.2, 0.25) is 0 Å². The van der Waals surface area contributed by atoms with Gasteiger partial charge in [0.05, 0.1) is 29.3 Å². The summed E-state index contributed by atoms with van der Waals surface area (Å²) in [6.45, 7) is 13.9. The number of carbonyl (C=O) groups excluding carboxylic acids is 3. The molecule has 3 aliphatic rings. The van der Waals surface area contributed by atoms with Crippen LogP contribution in [0.4, 0.5) is 23.0 Å². The van der Waals surface area contributed by atoms with Crippen LogP contribution < -0.4 is 26.2 Å². The smallest absolute Gasteiger partial charge is 0.273 e. The molecule has 1 unspecified atom stereocenters. The predicted molar refractivity (Wildman–Crippen MR) is 236 cm³/mol. The topological polar surface area (TPSA) is 175 Å². The summed E-state index contributed by atoms with van der Waals surface area (Å²) in [4.78, 5) is 55.5. The van der Waals surface area contributed by atoms with Crippen molar-refractivity contribution < 1.29 is 14.4 Å². The second-order valence-electron chi connectivity index (χ2n) is 17.6. The highest BCUT2D eigenvalue weighted by molar-refractivity contribution is 6.01. The average Bonchev–Trinajstić information content (AvgIpc) is 3.78. The van der Waals surface area contributed by atoms with Gasteiger partial charge in [0.2, 0.25) is 17.8 Å². The Morgan fingerprint density at radius 1 is 0.885 bits per heavy atom. The Kier molecular flexibility index (Phi) is 12.4. The first-order chi connectivity index (χ1) is 29.4. The van der Waals surface area contributed by atoms with Crippen molar-refractivity contribution in [1.29, 1.82) is 0 Å². The molecule has 0 radical (unpaired) electrons. The van der Waals surface area contributed by atoms with Crippen LogP contribution in [0.5, 0.6) is 0 Å². The molecule has 3 saturated heterocycles. The quantitative estimate of drug-likeness (QED) is 0.105. The van der Waals surface area contributed by atoms with E-state index in [-0.39, 0.29) is 23.3 Å². The number of aromatic nitrogens is 6. The molecule has 2 aromatic carbocycles. The molecule has 0 aliphatic carbocycles. The third-order valence-corrected chi connectivity index (χ3v) is 12.1. The van der Waals surface area contributed by atoms with Crippen LogP contribution in [-0.2, 0) is 21.7 Å². The number of carbonyl (C=O) groups is 3. The van der Waals surface area contributed by atoms with Crippen LogP contribution in [0.3, 0.4) is 0 Å². The largest absolute Gasteiger partial charge is 0.372 e. The monoisotopic (exact) mass is 824 g/mol. The summed E-state index contributed by atoms with van der Waals surface area (Å²) < 4.78 is 1.69. The Balaban J connectivity index is 0.764. The van der Waals surface area contributed by atoms with Gasteiger partial charge in [-0.1, -0.05) is 17.3 Å². The number of benzene rings is 2. The molecule has 0 spiro atoms. The number of pyridine rings is 1. The van der Waals surface area contributed by atoms with Crippen molar-refractivity contribution in [3.8, 4) is 11.3 Å². The van der Waals surface area contributed by atoms with Gasteiger partial charge in [-0.15, -0.1) is 5.10 Å². The minimum Gasteiger partial charge on any atom is -0.372 e. The van der Waals surface area contributed by atoms with E-state index in [1.165, 1.54) is 18.5 Å². The van der Waals surface area contributed by atoms with E-state index in [4.69, 9.17) is 9.97 Å². The van der Waals surface area contributed by atoms with Crippen LogP contribution in [-0.4, -0.2) is 91.3 Å². The Hall–Kier alpha value is -6.22. The second-order valence-corrected chi connectivity index (χ2v) is 17.6. The van der Waals surface area contributed by atoms with Gasteiger partial charge in [-0.05, 0) is 138 Å². The molecule has 0 bridgehead atoms. The van der Waals surface area contributed by atoms with E-state index in [0.717, 1.165) is 85.0 Å². The Morgan fingerprint density at radius 3 is 2.34 bits per heavy atom. The zero-order valence-electron chi connectivity index (χ0n) is 35.5. The molecule has 6 heterocycles. The van der Waals surface area contributed by atoms with Crippen molar-refractivity contribution in [3.63, 3.8) is 0 Å². The summed E-state index contributed by atoms with van der Waals surface area (Å²) in [5.41, 5.74) is 7.96. The first-order valence-corrected chi connectivity index (χ1v) is 21.5. The number of piperidine rings is 3. The van der Waals surface area contributed by atoms with Crippen LogP contribution in [0, 0.1) is 12.8 Å². The highest BCUT2D eigenvalue weighted by Gasteiger charge is 2.28. The van der Waals surface area contributed by atoms with Crippen LogP contribution in [0.25, 0.3) is 11.3 Å². The molecule has 3 fully saturated rings. The molecule has 0 saturated carbocycles. The number of anilines is 4. The van der Waals surface area contributed by atoms with Crippen LogP contribution in [0.1, 0.15) is 92.5 Å². The van der Waals surface area contributed by atoms with Gasteiger partial charge in [-0.25, -0.2) is 14.6 Å². The molecule has 3 aliphatic heterocycles. The van der Waals surface area contributed by atoms with Gasteiger partial charge >= 0.3 is 0 Å². The molecule has 318 valence electrons. The van der Waals surface area contributed by atoms with Crippen LogP contribution in [0.15, 0.2) is 79.3 Å². The van der Waals surface area contributed by atoms with Crippen molar-refractivity contribution >= 4 is 40.7 Å². The minimum atomic E-state index is -0.400. The van der Waals surface area contributed by atoms with Gasteiger partial charge in [0.25, 0.3) is 5.91 Å². The van der Waals surface area contributed by atoms with Crippen molar-refractivity contribution in [3.05, 3.63) is 102 Å². The van der Waals surface area contributed by atoms with E-state index < -0.39 is 6.04 Å². The fraction of sp³-hybridized carbons (Fsp3) is 0.435. The molecular weight excluding hydrogens is 769 g/mol. The number of amides is 3. The maximum Gasteiger partial charge on any atom is 0.273 e. The van der Waals surface area contributed by atoms with Crippen molar-refractivity contribution in [2.24, 2.45) is 5.92 Å². The maximum absolute atomic E-state index is 12.7. The second kappa shape index (κ2) is 18.2. The molecule has 15 heteroatoms. The summed E-state index contributed by atoms with van der Waals surface area (Å²) in [7, 11) is 0. The third kappa shape index (κ3) is 10.4. The van der Waals surface area contributed by atoms with Crippen molar-refractivity contribution in [1.82, 2.24) is 45.5 Å². The SMILES string of the molecule is Cc1cc(-c2ccnc(Nc3ccc(N4CCC(CN5CCC(c6ccc(NC7CCC(=O)NC7=O)cn6)CC5)CC4)cc3)n2)ccc1CNC(=O)c1cn(C(C)(C)C)nn1. The number of hydrogen-bond acceptors (Lipinski definition) is 12. The minimum absolute atomic E-state index is 0.210. The lowest BCUT2D eigenvalue weighted by atomic mass is 9.90. The number of nitrogens with zero attached hydrogens (tertiary/aromatic N) is 8. The third-order valence-electron chi connectivity index (χ3n) is 12.1.